The molecule has 2 heterocycles. The van der Waals surface area contributed by atoms with Gasteiger partial charge in [0.05, 0.1) is 13.4 Å². The van der Waals surface area contributed by atoms with Crippen LogP contribution >= 0.6 is 15.9 Å². The van der Waals surface area contributed by atoms with E-state index in [1.54, 1.807) is 12.3 Å². The van der Waals surface area contributed by atoms with Crippen LogP contribution in [0.2, 0.25) is 0 Å². The average molecular weight is 339 g/mol. The molecule has 104 valence electrons. The first-order valence-electron chi connectivity index (χ1n) is 5.63. The maximum atomic E-state index is 12.9. The fraction of sp³-hybridized carbons (Fsp3) is 0.0769. The smallest absolute Gasteiger partial charge is 0.212 e. The summed E-state index contributed by atoms with van der Waals surface area (Å²) in [6, 6.07) is 4.71. The second kappa shape index (κ2) is 6.44. The van der Waals surface area contributed by atoms with Crippen LogP contribution in [0, 0.1) is 5.95 Å². The molecule has 2 aromatic heterocycles. The van der Waals surface area contributed by atoms with Crippen molar-refractivity contribution in [2.45, 2.75) is 0 Å². The first-order chi connectivity index (χ1) is 9.65. The summed E-state index contributed by atoms with van der Waals surface area (Å²) < 4.78 is 18.8. The fourth-order valence-electron chi connectivity index (χ4n) is 1.70. The summed E-state index contributed by atoms with van der Waals surface area (Å²) in [6.07, 6.45) is 4.56. The first-order valence-corrected chi connectivity index (χ1v) is 6.42. The van der Waals surface area contributed by atoms with E-state index in [1.807, 2.05) is 6.07 Å². The SMILES string of the molecule is COC=C(c1ccc(F)nc1)c1cc(Br)cnc1NN. The van der Waals surface area contributed by atoms with E-state index in [4.69, 9.17) is 10.6 Å². The predicted molar refractivity (Wildman–Crippen MR) is 78.0 cm³/mol. The monoisotopic (exact) mass is 338 g/mol. The van der Waals surface area contributed by atoms with Gasteiger partial charge >= 0.3 is 0 Å². The van der Waals surface area contributed by atoms with Gasteiger partial charge in [-0.3, -0.25) is 0 Å². The molecular weight excluding hydrogens is 327 g/mol. The number of ether oxygens (including phenoxy) is 1. The van der Waals surface area contributed by atoms with E-state index in [1.165, 1.54) is 25.6 Å². The third-order valence-corrected chi connectivity index (χ3v) is 2.99. The Kier molecular flexibility index (Phi) is 4.65. The lowest BCUT2D eigenvalue weighted by Crippen LogP contribution is -2.11. The predicted octanol–water partition coefficient (Wildman–Crippen LogP) is 2.70. The zero-order chi connectivity index (χ0) is 14.5. The summed E-state index contributed by atoms with van der Waals surface area (Å²) >= 11 is 3.35. The molecule has 0 amide bonds. The van der Waals surface area contributed by atoms with Gasteiger partial charge in [0.2, 0.25) is 5.95 Å². The lowest BCUT2D eigenvalue weighted by Gasteiger charge is -2.12. The van der Waals surface area contributed by atoms with Crippen molar-refractivity contribution in [1.29, 1.82) is 0 Å². The molecule has 7 heteroatoms. The molecule has 0 aliphatic heterocycles. The van der Waals surface area contributed by atoms with Gasteiger partial charge in [-0.2, -0.15) is 4.39 Å². The summed E-state index contributed by atoms with van der Waals surface area (Å²) in [5.41, 5.74) is 4.59. The molecule has 2 rings (SSSR count). The van der Waals surface area contributed by atoms with Crippen LogP contribution in [0.5, 0.6) is 0 Å². The molecule has 0 bridgehead atoms. The molecule has 0 spiro atoms. The number of methoxy groups -OCH3 is 1. The number of hydrazine groups is 1. The van der Waals surface area contributed by atoms with Crippen molar-refractivity contribution >= 4 is 27.3 Å². The van der Waals surface area contributed by atoms with E-state index in [0.717, 1.165) is 4.47 Å². The van der Waals surface area contributed by atoms with Crippen molar-refractivity contribution in [3.8, 4) is 0 Å². The van der Waals surface area contributed by atoms with E-state index >= 15 is 0 Å². The van der Waals surface area contributed by atoms with E-state index in [-0.39, 0.29) is 0 Å². The highest BCUT2D eigenvalue weighted by atomic mass is 79.9. The molecule has 0 fully saturated rings. The molecule has 3 N–H and O–H groups in total. The minimum absolute atomic E-state index is 0.473. The number of nitrogens with zero attached hydrogens (tertiary/aromatic N) is 2. The van der Waals surface area contributed by atoms with E-state index in [9.17, 15) is 4.39 Å². The van der Waals surface area contributed by atoms with Crippen LogP contribution in [0.25, 0.3) is 5.57 Å². The van der Waals surface area contributed by atoms with Crippen LogP contribution in [-0.2, 0) is 4.74 Å². The Labute approximate surface area is 123 Å². The summed E-state index contributed by atoms with van der Waals surface area (Å²) in [6.45, 7) is 0. The van der Waals surface area contributed by atoms with Crippen molar-refractivity contribution in [1.82, 2.24) is 9.97 Å². The number of nitrogen functional groups attached to an aromatic ring is 1. The topological polar surface area (TPSA) is 73.1 Å². The zero-order valence-corrected chi connectivity index (χ0v) is 12.2. The number of hydrogen-bond acceptors (Lipinski definition) is 5. The van der Waals surface area contributed by atoms with E-state index < -0.39 is 5.95 Å². The first kappa shape index (κ1) is 14.4. The van der Waals surface area contributed by atoms with Gasteiger partial charge in [0.25, 0.3) is 0 Å². The summed E-state index contributed by atoms with van der Waals surface area (Å²) in [4.78, 5) is 7.81. The fourth-order valence-corrected chi connectivity index (χ4v) is 2.03. The van der Waals surface area contributed by atoms with Crippen LogP contribution in [0.3, 0.4) is 0 Å². The van der Waals surface area contributed by atoms with E-state index in [2.05, 4.69) is 31.3 Å². The average Bonchev–Trinajstić information content (AvgIpc) is 2.46. The molecule has 0 unspecified atom stereocenters. The second-order valence-corrected chi connectivity index (χ2v) is 4.75. The van der Waals surface area contributed by atoms with Gasteiger partial charge in [-0.05, 0) is 34.1 Å². The number of nitrogens with two attached hydrogens (primary N) is 1. The number of hydrogen-bond donors (Lipinski definition) is 2. The van der Waals surface area contributed by atoms with Crippen molar-refractivity contribution in [2.75, 3.05) is 12.5 Å². The Morgan fingerprint density at radius 2 is 2.20 bits per heavy atom. The quantitative estimate of drug-likeness (QED) is 0.388. The largest absolute Gasteiger partial charge is 0.504 e. The number of anilines is 1. The Balaban J connectivity index is 2.57. The number of nitrogens with one attached hydrogen (secondary N) is 1. The van der Waals surface area contributed by atoms with Crippen LogP contribution in [0.4, 0.5) is 10.2 Å². The van der Waals surface area contributed by atoms with Gasteiger partial charge in [-0.25, -0.2) is 15.8 Å². The van der Waals surface area contributed by atoms with Gasteiger partial charge in [0.1, 0.15) is 5.82 Å². The Bertz CT molecular complexity index is 631. The molecule has 0 saturated carbocycles. The standard InChI is InChI=1S/C13H12BrFN4O/c1-20-7-11(8-2-3-12(15)17-5-8)10-4-9(14)6-18-13(10)19-16/h2-7H,16H2,1H3,(H,18,19). The number of aromatic nitrogens is 2. The van der Waals surface area contributed by atoms with Gasteiger partial charge in [0, 0.05) is 33.6 Å². The lowest BCUT2D eigenvalue weighted by atomic mass is 10.0. The molecule has 2 aromatic rings. The molecule has 0 saturated heterocycles. The van der Waals surface area contributed by atoms with Crippen molar-refractivity contribution < 1.29 is 9.13 Å². The third-order valence-electron chi connectivity index (χ3n) is 2.56. The molecule has 0 aromatic carbocycles. The van der Waals surface area contributed by atoms with Crippen LogP contribution in [0.1, 0.15) is 11.1 Å². The van der Waals surface area contributed by atoms with Gasteiger partial charge in [-0.1, -0.05) is 0 Å². The molecule has 0 aliphatic rings. The van der Waals surface area contributed by atoms with Crippen LogP contribution in [0.15, 0.2) is 41.3 Å². The molecular formula is C13H12BrFN4O. The number of halogens is 2. The highest BCUT2D eigenvalue weighted by Gasteiger charge is 2.13. The third kappa shape index (κ3) is 3.12. The molecule has 0 radical (unpaired) electrons. The maximum Gasteiger partial charge on any atom is 0.212 e. The Morgan fingerprint density at radius 3 is 2.80 bits per heavy atom. The highest BCUT2D eigenvalue weighted by Crippen LogP contribution is 2.29. The van der Waals surface area contributed by atoms with Gasteiger partial charge in [-0.15, -0.1) is 0 Å². The molecule has 0 atom stereocenters. The van der Waals surface area contributed by atoms with Gasteiger partial charge in [0.15, 0.2) is 0 Å². The highest BCUT2D eigenvalue weighted by molar-refractivity contribution is 9.10. The minimum atomic E-state index is -0.546. The normalized spacial score (nSPS) is 11.3. The Morgan fingerprint density at radius 1 is 1.40 bits per heavy atom. The summed E-state index contributed by atoms with van der Waals surface area (Å²) in [7, 11) is 1.53. The van der Waals surface area contributed by atoms with Crippen molar-refractivity contribution in [3.05, 3.63) is 58.4 Å². The van der Waals surface area contributed by atoms with Crippen LogP contribution < -0.4 is 11.3 Å². The molecule has 5 nitrogen and oxygen atoms in total. The zero-order valence-electron chi connectivity index (χ0n) is 10.6. The number of rotatable bonds is 4. The summed E-state index contributed by atoms with van der Waals surface area (Å²) in [5.74, 6) is 5.39. The lowest BCUT2D eigenvalue weighted by molar-refractivity contribution is 0.340. The van der Waals surface area contributed by atoms with Crippen LogP contribution in [-0.4, -0.2) is 17.1 Å². The minimum Gasteiger partial charge on any atom is -0.504 e. The Hall–Kier alpha value is -1.99. The van der Waals surface area contributed by atoms with Crippen molar-refractivity contribution in [3.63, 3.8) is 0 Å². The second-order valence-electron chi connectivity index (χ2n) is 3.83. The van der Waals surface area contributed by atoms with Crippen molar-refractivity contribution in [2.24, 2.45) is 5.84 Å². The number of pyridine rings is 2. The van der Waals surface area contributed by atoms with Gasteiger partial charge < -0.3 is 10.2 Å². The molecule has 20 heavy (non-hydrogen) atoms. The summed E-state index contributed by atoms with van der Waals surface area (Å²) in [5, 5.41) is 0. The molecule has 0 aliphatic carbocycles. The maximum absolute atomic E-state index is 12.9. The van der Waals surface area contributed by atoms with E-state index in [0.29, 0.717) is 22.5 Å².